The SMILES string of the molecule is CCOC(=O)C1(C(CC)OOC(=O)c2cscn2)CC=C(B2OC(C)(C)C(C)(C)O2)CC1. The molecule has 8 nitrogen and oxygen atoms in total. The molecule has 2 unspecified atom stereocenters. The van der Waals surface area contributed by atoms with Gasteiger partial charge in [-0.3, -0.25) is 9.68 Å². The number of allylic oxidation sites excluding steroid dienone is 2. The predicted molar refractivity (Wildman–Crippen MR) is 120 cm³/mol. The minimum absolute atomic E-state index is 0.168. The van der Waals surface area contributed by atoms with E-state index in [2.05, 4.69) is 4.98 Å². The lowest BCUT2D eigenvalue weighted by Crippen LogP contribution is -2.47. The summed E-state index contributed by atoms with van der Waals surface area (Å²) in [7, 11) is -0.455. The molecule has 2 aliphatic rings. The number of hydrogen-bond acceptors (Lipinski definition) is 9. The smallest absolute Gasteiger partial charge is 0.465 e. The van der Waals surface area contributed by atoms with Gasteiger partial charge in [0.1, 0.15) is 11.5 Å². The molecule has 1 saturated heterocycles. The Balaban J connectivity index is 1.77. The number of hydrogen-bond donors (Lipinski definition) is 0. The fraction of sp³-hybridized carbons (Fsp3) is 0.682. The third kappa shape index (κ3) is 4.78. The first kappa shape index (κ1) is 24.9. The van der Waals surface area contributed by atoms with Gasteiger partial charge in [-0.2, -0.15) is 4.89 Å². The monoisotopic (exact) mass is 465 g/mol. The Bertz CT molecular complexity index is 838. The summed E-state index contributed by atoms with van der Waals surface area (Å²) in [6.45, 7) is 11.9. The van der Waals surface area contributed by atoms with Crippen LogP contribution < -0.4 is 0 Å². The molecule has 0 bridgehead atoms. The molecule has 1 aliphatic heterocycles. The van der Waals surface area contributed by atoms with Crippen LogP contribution in [0.25, 0.3) is 0 Å². The van der Waals surface area contributed by atoms with Crippen molar-refractivity contribution in [2.75, 3.05) is 6.61 Å². The Morgan fingerprint density at radius 1 is 1.22 bits per heavy atom. The normalized spacial score (nSPS) is 25.2. The number of rotatable bonds is 8. The van der Waals surface area contributed by atoms with Crippen molar-refractivity contribution in [1.29, 1.82) is 0 Å². The highest BCUT2D eigenvalue weighted by molar-refractivity contribution is 7.07. The number of carbonyl (C=O) groups is 2. The molecule has 0 radical (unpaired) electrons. The molecule has 0 saturated carbocycles. The van der Waals surface area contributed by atoms with Crippen molar-refractivity contribution in [2.45, 2.75) is 84.5 Å². The molecular formula is C22H32BNO7S. The summed E-state index contributed by atoms with van der Waals surface area (Å²) in [4.78, 5) is 39.8. The Hall–Kier alpha value is -1.75. The van der Waals surface area contributed by atoms with Crippen LogP contribution in [-0.4, -0.2) is 48.0 Å². The van der Waals surface area contributed by atoms with Gasteiger partial charge < -0.3 is 14.0 Å². The third-order valence-electron chi connectivity index (χ3n) is 6.69. The Labute approximate surface area is 193 Å². The van der Waals surface area contributed by atoms with Gasteiger partial charge in [0.25, 0.3) is 0 Å². The minimum atomic E-state index is -0.972. The summed E-state index contributed by atoms with van der Waals surface area (Å²) in [6.07, 6.45) is 3.20. The van der Waals surface area contributed by atoms with Gasteiger partial charge in [-0.05, 0) is 65.8 Å². The second-order valence-corrected chi connectivity index (χ2v) is 9.90. The molecule has 32 heavy (non-hydrogen) atoms. The molecule has 1 aromatic heterocycles. The molecule has 1 fully saturated rings. The van der Waals surface area contributed by atoms with Gasteiger partial charge in [0.05, 0.1) is 23.3 Å². The lowest BCUT2D eigenvalue weighted by Gasteiger charge is -2.39. The van der Waals surface area contributed by atoms with Crippen molar-refractivity contribution in [1.82, 2.24) is 4.98 Å². The van der Waals surface area contributed by atoms with Crippen LogP contribution in [0.4, 0.5) is 0 Å². The van der Waals surface area contributed by atoms with Gasteiger partial charge in [0.2, 0.25) is 0 Å². The van der Waals surface area contributed by atoms with Gasteiger partial charge in [0, 0.05) is 5.38 Å². The van der Waals surface area contributed by atoms with E-state index in [1.165, 1.54) is 16.8 Å². The standard InChI is InChI=1S/C22H32BNO7S/c1-7-17(28-29-18(25)16-13-32-14-24-16)22(19(26)27-8-2)11-9-15(10-12-22)23-30-20(3,4)21(5,6)31-23/h9,13-14,17H,7-8,10-12H2,1-6H3. The van der Waals surface area contributed by atoms with Gasteiger partial charge >= 0.3 is 19.1 Å². The molecule has 10 heteroatoms. The molecule has 0 spiro atoms. The van der Waals surface area contributed by atoms with E-state index in [1.54, 1.807) is 12.3 Å². The van der Waals surface area contributed by atoms with Crippen molar-refractivity contribution in [3.63, 3.8) is 0 Å². The van der Waals surface area contributed by atoms with Crippen molar-refractivity contribution >= 4 is 30.4 Å². The molecular weight excluding hydrogens is 433 g/mol. The average Bonchev–Trinajstić information content (AvgIpc) is 3.35. The highest BCUT2D eigenvalue weighted by atomic mass is 32.1. The Morgan fingerprint density at radius 2 is 1.91 bits per heavy atom. The van der Waals surface area contributed by atoms with Crippen molar-refractivity contribution in [3.8, 4) is 0 Å². The number of ether oxygens (including phenoxy) is 1. The fourth-order valence-corrected chi connectivity index (χ4v) is 4.51. The van der Waals surface area contributed by atoms with Crippen LogP contribution in [-0.2, 0) is 28.6 Å². The second kappa shape index (κ2) is 9.63. The predicted octanol–water partition coefficient (Wildman–Crippen LogP) is 4.30. The number of carbonyl (C=O) groups excluding carboxylic acids is 2. The lowest BCUT2D eigenvalue weighted by molar-refractivity contribution is -0.300. The van der Waals surface area contributed by atoms with E-state index < -0.39 is 35.8 Å². The van der Waals surface area contributed by atoms with Crippen LogP contribution in [0, 0.1) is 5.41 Å². The number of nitrogens with zero attached hydrogens (tertiary/aromatic N) is 1. The number of thiazole rings is 1. The first-order chi connectivity index (χ1) is 15.1. The summed E-state index contributed by atoms with van der Waals surface area (Å²) in [6, 6.07) is 0. The zero-order chi connectivity index (χ0) is 23.6. The van der Waals surface area contributed by atoms with Crippen molar-refractivity contribution in [3.05, 3.63) is 28.1 Å². The van der Waals surface area contributed by atoms with E-state index in [0.717, 1.165) is 5.47 Å². The van der Waals surface area contributed by atoms with E-state index >= 15 is 0 Å². The Kier molecular flexibility index (Phi) is 7.49. The topological polar surface area (TPSA) is 93.2 Å². The maximum Gasteiger partial charge on any atom is 0.490 e. The quantitative estimate of drug-likeness (QED) is 0.243. The lowest BCUT2D eigenvalue weighted by atomic mass is 9.63. The largest absolute Gasteiger partial charge is 0.490 e. The van der Waals surface area contributed by atoms with Gasteiger partial charge in [-0.25, -0.2) is 9.78 Å². The number of aromatic nitrogens is 1. The van der Waals surface area contributed by atoms with E-state index in [4.69, 9.17) is 23.8 Å². The molecule has 0 aromatic carbocycles. The van der Waals surface area contributed by atoms with Crippen molar-refractivity contribution < 1.29 is 33.4 Å². The van der Waals surface area contributed by atoms with E-state index in [0.29, 0.717) is 25.7 Å². The van der Waals surface area contributed by atoms with Gasteiger partial charge in [-0.1, -0.05) is 13.0 Å². The maximum atomic E-state index is 13.1. The second-order valence-electron chi connectivity index (χ2n) is 9.19. The highest BCUT2D eigenvalue weighted by Crippen LogP contribution is 2.46. The average molecular weight is 465 g/mol. The highest BCUT2D eigenvalue weighted by Gasteiger charge is 2.55. The molecule has 1 aliphatic carbocycles. The van der Waals surface area contributed by atoms with Crippen LogP contribution in [0.3, 0.4) is 0 Å². The zero-order valence-corrected chi connectivity index (χ0v) is 20.5. The first-order valence-electron chi connectivity index (χ1n) is 11.0. The third-order valence-corrected chi connectivity index (χ3v) is 7.28. The number of esters is 1. The summed E-state index contributed by atoms with van der Waals surface area (Å²) < 4.78 is 17.8. The molecule has 3 rings (SSSR count). The van der Waals surface area contributed by atoms with E-state index in [1.807, 2.05) is 40.7 Å². The molecule has 0 N–H and O–H groups in total. The summed E-state index contributed by atoms with van der Waals surface area (Å²) in [5, 5.41) is 1.58. The van der Waals surface area contributed by atoms with Crippen LogP contribution in [0.5, 0.6) is 0 Å². The van der Waals surface area contributed by atoms with Crippen LogP contribution >= 0.6 is 11.3 Å². The van der Waals surface area contributed by atoms with Crippen LogP contribution in [0.2, 0.25) is 0 Å². The maximum absolute atomic E-state index is 13.1. The Morgan fingerprint density at radius 3 is 2.41 bits per heavy atom. The first-order valence-corrected chi connectivity index (χ1v) is 12.0. The molecule has 0 amide bonds. The molecule has 176 valence electrons. The summed E-state index contributed by atoms with van der Waals surface area (Å²) in [5.41, 5.74) is 0.858. The van der Waals surface area contributed by atoms with Crippen molar-refractivity contribution in [2.24, 2.45) is 5.41 Å². The zero-order valence-electron chi connectivity index (χ0n) is 19.6. The van der Waals surface area contributed by atoms with Gasteiger partial charge in [0.15, 0.2) is 5.69 Å². The molecule has 2 heterocycles. The van der Waals surface area contributed by atoms with E-state index in [9.17, 15) is 9.59 Å². The molecule has 2 atom stereocenters. The fourth-order valence-electron chi connectivity index (χ4n) is 3.99. The summed E-state index contributed by atoms with van der Waals surface area (Å²) >= 11 is 1.29. The van der Waals surface area contributed by atoms with E-state index in [-0.39, 0.29) is 18.3 Å². The molecule has 1 aromatic rings. The van der Waals surface area contributed by atoms with Crippen LogP contribution in [0.15, 0.2) is 22.4 Å². The minimum Gasteiger partial charge on any atom is -0.465 e. The van der Waals surface area contributed by atoms with Crippen LogP contribution in [0.1, 0.15) is 77.7 Å². The summed E-state index contributed by atoms with van der Waals surface area (Å²) in [5.74, 6) is -1.05. The van der Waals surface area contributed by atoms with Gasteiger partial charge in [-0.15, -0.1) is 11.3 Å².